The molecule has 0 radical (unpaired) electrons. The zero-order valence-electron chi connectivity index (χ0n) is 30.5. The van der Waals surface area contributed by atoms with Gasteiger partial charge in [0.15, 0.2) is 0 Å². The van der Waals surface area contributed by atoms with Gasteiger partial charge in [0, 0.05) is 45.6 Å². The first-order valence-corrected chi connectivity index (χ1v) is 17.3. The van der Waals surface area contributed by atoms with E-state index in [1.807, 2.05) is 84.9 Å². The van der Waals surface area contributed by atoms with Crippen LogP contribution >= 0.6 is 0 Å². The number of hydrogen-bond acceptors (Lipinski definition) is 16. The van der Waals surface area contributed by atoms with Crippen molar-refractivity contribution in [3.63, 3.8) is 0 Å². The third-order valence-electron chi connectivity index (χ3n) is 7.34. The number of ether oxygens (including phenoxy) is 2. The van der Waals surface area contributed by atoms with Crippen molar-refractivity contribution in [3.05, 3.63) is 133 Å². The lowest BCUT2D eigenvalue weighted by atomic mass is 10.3. The van der Waals surface area contributed by atoms with E-state index in [0.29, 0.717) is 34.3 Å². The van der Waals surface area contributed by atoms with Gasteiger partial charge >= 0.3 is 11.9 Å². The van der Waals surface area contributed by atoms with Gasteiger partial charge in [-0.25, -0.2) is 9.59 Å². The molecule has 282 valence electrons. The number of benzene rings is 4. The van der Waals surface area contributed by atoms with E-state index < -0.39 is 11.9 Å². The Kier molecular flexibility index (Phi) is 12.3. The number of para-hydroxylation sites is 2. The molecule has 2 heterocycles. The van der Waals surface area contributed by atoms with E-state index >= 15 is 0 Å². The van der Waals surface area contributed by atoms with Gasteiger partial charge in [0.1, 0.15) is 12.4 Å². The number of carbonyl (C=O) groups excluding carboxylic acids is 2. The minimum absolute atomic E-state index is 0.0960. The van der Waals surface area contributed by atoms with Crippen LogP contribution in [0.2, 0.25) is 0 Å². The fourth-order valence-electron chi connectivity index (χ4n) is 4.70. The highest BCUT2D eigenvalue weighted by molar-refractivity contribution is 5.89. The first-order valence-electron chi connectivity index (χ1n) is 17.3. The number of hydrogen-bond donors (Lipinski definition) is 6. The molecule has 16 heteroatoms. The number of esters is 2. The van der Waals surface area contributed by atoms with Gasteiger partial charge < -0.3 is 41.4 Å². The van der Waals surface area contributed by atoms with Gasteiger partial charge in [0.2, 0.25) is 35.7 Å². The van der Waals surface area contributed by atoms with E-state index in [0.717, 1.165) is 11.4 Å². The fourth-order valence-corrected chi connectivity index (χ4v) is 4.70. The molecule has 56 heavy (non-hydrogen) atoms. The second kappa shape index (κ2) is 18.2. The summed E-state index contributed by atoms with van der Waals surface area (Å²) in [5.41, 5.74) is 4.12. The zero-order valence-corrected chi connectivity index (χ0v) is 30.5. The Morgan fingerprint density at radius 3 is 1.34 bits per heavy atom. The van der Waals surface area contributed by atoms with Crippen LogP contribution in [0.1, 0.15) is 13.8 Å². The summed E-state index contributed by atoms with van der Waals surface area (Å²) in [4.78, 5) is 51.1. The minimum atomic E-state index is -0.528. The van der Waals surface area contributed by atoms with Crippen molar-refractivity contribution >= 4 is 76.1 Å². The van der Waals surface area contributed by atoms with Crippen LogP contribution in [-0.4, -0.2) is 55.0 Å². The third-order valence-corrected chi connectivity index (χ3v) is 7.34. The Morgan fingerprint density at radius 2 is 0.893 bits per heavy atom. The second-order valence-electron chi connectivity index (χ2n) is 12.1. The molecule has 4 aromatic carbocycles. The van der Waals surface area contributed by atoms with E-state index in [1.165, 1.54) is 0 Å². The molecule has 6 N–H and O–H groups in total. The lowest BCUT2D eigenvalue weighted by Crippen LogP contribution is -2.16. The van der Waals surface area contributed by atoms with Crippen molar-refractivity contribution < 1.29 is 19.1 Å². The molecule has 0 aliphatic rings. The van der Waals surface area contributed by atoms with Crippen molar-refractivity contribution in [2.75, 3.05) is 45.1 Å². The molecule has 6 rings (SSSR count). The van der Waals surface area contributed by atoms with Crippen LogP contribution in [0.4, 0.5) is 64.1 Å². The smallest absolute Gasteiger partial charge is 0.338 e. The van der Waals surface area contributed by atoms with Crippen LogP contribution in [0.25, 0.3) is 0 Å². The zero-order chi connectivity index (χ0) is 39.3. The molecule has 0 aliphatic carbocycles. The van der Waals surface area contributed by atoms with E-state index in [2.05, 4.69) is 75.0 Å². The van der Waals surface area contributed by atoms with Gasteiger partial charge in [-0.05, 0) is 74.5 Å². The van der Waals surface area contributed by atoms with Crippen LogP contribution in [0.5, 0.6) is 5.75 Å². The summed E-state index contributed by atoms with van der Waals surface area (Å²) in [5.74, 6) is 0.938. The number of anilines is 11. The van der Waals surface area contributed by atoms with Crippen molar-refractivity contribution in [3.8, 4) is 5.75 Å². The van der Waals surface area contributed by atoms with Gasteiger partial charge in [-0.2, -0.15) is 29.9 Å². The molecule has 0 aliphatic heterocycles. The SMILES string of the molecule is C=C(C)C(=O)OCCNc1nc(Nc2ccccc2)nc(Nc2ccc(Nc3nc(Nc4ccccc4)nc(Nc4cccc(OC(=O)C(=C)C)c4)n3)cc2)n1. The van der Waals surface area contributed by atoms with Crippen LogP contribution in [-0.2, 0) is 14.3 Å². The summed E-state index contributed by atoms with van der Waals surface area (Å²) >= 11 is 0. The number of nitrogens with one attached hydrogen (secondary N) is 6. The molecule has 0 bridgehead atoms. The predicted octanol–water partition coefficient (Wildman–Crippen LogP) is 7.79. The number of carbonyl (C=O) groups is 2. The van der Waals surface area contributed by atoms with E-state index in [-0.39, 0.29) is 48.5 Å². The Morgan fingerprint density at radius 1 is 0.500 bits per heavy atom. The highest BCUT2D eigenvalue weighted by Crippen LogP contribution is 2.25. The van der Waals surface area contributed by atoms with Crippen molar-refractivity contribution in [2.24, 2.45) is 0 Å². The topological polar surface area (TPSA) is 202 Å². The molecule has 0 amide bonds. The Hall–Kier alpha value is -7.88. The van der Waals surface area contributed by atoms with E-state index in [9.17, 15) is 9.59 Å². The monoisotopic (exact) mass is 750 g/mol. The Bertz CT molecular complexity index is 2320. The van der Waals surface area contributed by atoms with Gasteiger partial charge in [-0.3, -0.25) is 0 Å². The summed E-state index contributed by atoms with van der Waals surface area (Å²) in [6.07, 6.45) is 0. The molecule has 2 aromatic heterocycles. The first kappa shape index (κ1) is 37.9. The highest BCUT2D eigenvalue weighted by Gasteiger charge is 2.12. The predicted molar refractivity (Wildman–Crippen MR) is 217 cm³/mol. The van der Waals surface area contributed by atoms with Crippen LogP contribution in [0.15, 0.2) is 133 Å². The van der Waals surface area contributed by atoms with Crippen molar-refractivity contribution in [1.82, 2.24) is 29.9 Å². The Labute approximate surface area is 322 Å². The van der Waals surface area contributed by atoms with Gasteiger partial charge in [-0.1, -0.05) is 55.6 Å². The number of nitrogens with zero attached hydrogens (tertiary/aromatic N) is 6. The van der Waals surface area contributed by atoms with Crippen molar-refractivity contribution in [1.29, 1.82) is 0 Å². The minimum Gasteiger partial charge on any atom is -0.460 e. The molecular weight excluding hydrogens is 713 g/mol. The molecule has 0 spiro atoms. The lowest BCUT2D eigenvalue weighted by molar-refractivity contribution is -0.138. The second-order valence-corrected chi connectivity index (χ2v) is 12.1. The molecule has 0 saturated heterocycles. The number of rotatable bonds is 17. The summed E-state index contributed by atoms with van der Waals surface area (Å²) in [6, 6.07) is 33.2. The molecule has 0 fully saturated rings. The van der Waals surface area contributed by atoms with E-state index in [1.54, 1.807) is 38.1 Å². The normalized spacial score (nSPS) is 10.4. The summed E-state index contributed by atoms with van der Waals surface area (Å²) in [7, 11) is 0. The molecule has 6 aromatic rings. The van der Waals surface area contributed by atoms with Crippen molar-refractivity contribution in [2.45, 2.75) is 13.8 Å². The third kappa shape index (κ3) is 11.3. The molecule has 0 atom stereocenters. The Balaban J connectivity index is 1.18. The lowest BCUT2D eigenvalue weighted by Gasteiger charge is -2.13. The van der Waals surface area contributed by atoms with Gasteiger partial charge in [0.05, 0.1) is 6.54 Å². The standard InChI is InChI=1S/C40H38N12O4/c1-25(2)33(53)55-23-22-41-35-47-36(42-27-12-7-5-8-13-27)49-37(48-35)44-29-18-20-30(21-19-29)45-39-50-38(43-28-14-9-6-10-15-28)51-40(52-39)46-31-16-11-17-32(24-31)56-34(54)26(3)4/h5-21,24H,1,3,22-23H2,2,4H3,(H3,41,42,44,47,48,49)(H3,43,45,46,50,51,52). The van der Waals surface area contributed by atoms with Gasteiger partial charge in [-0.15, -0.1) is 0 Å². The highest BCUT2D eigenvalue weighted by atomic mass is 16.5. The summed E-state index contributed by atoms with van der Waals surface area (Å²) in [6.45, 7) is 10.8. The van der Waals surface area contributed by atoms with Crippen LogP contribution in [0, 0.1) is 0 Å². The number of aromatic nitrogens is 6. The van der Waals surface area contributed by atoms with Gasteiger partial charge in [0.25, 0.3) is 0 Å². The maximum absolute atomic E-state index is 12.1. The average Bonchev–Trinajstić information content (AvgIpc) is 3.18. The summed E-state index contributed by atoms with van der Waals surface area (Å²) < 4.78 is 10.6. The first-order chi connectivity index (χ1) is 27.1. The molecule has 16 nitrogen and oxygen atoms in total. The van der Waals surface area contributed by atoms with E-state index in [4.69, 9.17) is 9.47 Å². The fraction of sp³-hybridized carbons (Fsp3) is 0.100. The average molecular weight is 751 g/mol. The summed E-state index contributed by atoms with van der Waals surface area (Å²) in [5, 5.41) is 19.1. The van der Waals surface area contributed by atoms with Crippen LogP contribution < -0.4 is 36.6 Å². The van der Waals surface area contributed by atoms with Crippen LogP contribution in [0.3, 0.4) is 0 Å². The molecule has 0 unspecified atom stereocenters. The molecule has 0 saturated carbocycles. The largest absolute Gasteiger partial charge is 0.460 e. The molecular formula is C40H38N12O4. The maximum atomic E-state index is 12.1. The maximum Gasteiger partial charge on any atom is 0.338 e. The quantitative estimate of drug-likeness (QED) is 0.0228.